The first-order valence-electron chi connectivity index (χ1n) is 4.10. The summed E-state index contributed by atoms with van der Waals surface area (Å²) in [4.78, 5) is 3.61. The topological polar surface area (TPSA) is 33.1 Å². The molecule has 0 aromatic carbocycles. The van der Waals surface area contributed by atoms with Crippen LogP contribution < -0.4 is 0 Å². The third kappa shape index (κ3) is 2.70. The Bertz CT molecular complexity index is 309. The van der Waals surface area contributed by atoms with Gasteiger partial charge in [-0.3, -0.25) is 4.98 Å². The molecule has 1 atom stereocenters. The maximum atomic E-state index is 12.4. The van der Waals surface area contributed by atoms with E-state index in [0.717, 1.165) is 6.07 Å². The summed E-state index contributed by atoms with van der Waals surface area (Å²) in [7, 11) is 0. The van der Waals surface area contributed by atoms with Crippen LogP contribution in [0.15, 0.2) is 18.3 Å². The van der Waals surface area contributed by atoms with Gasteiger partial charge in [-0.25, -0.2) is 0 Å². The molecule has 1 rings (SSSR count). The number of halogens is 3. The summed E-state index contributed by atoms with van der Waals surface area (Å²) in [5.41, 5.74) is -0.893. The highest BCUT2D eigenvalue weighted by molar-refractivity contribution is 5.23. The molecular formula is C9H10F3NO. The first kappa shape index (κ1) is 11.0. The Labute approximate surface area is 79.4 Å². The third-order valence-corrected chi connectivity index (χ3v) is 1.68. The van der Waals surface area contributed by atoms with E-state index in [1.165, 1.54) is 19.2 Å². The average Bonchev–Trinajstić information content (AvgIpc) is 2.01. The molecule has 14 heavy (non-hydrogen) atoms. The molecule has 1 heterocycles. The smallest absolute Gasteiger partial charge is 0.393 e. The highest BCUT2D eigenvalue weighted by Gasteiger charge is 2.33. The Morgan fingerprint density at radius 2 is 2.14 bits per heavy atom. The number of pyridine rings is 1. The Hall–Kier alpha value is -1.10. The second kappa shape index (κ2) is 3.96. The summed E-state index contributed by atoms with van der Waals surface area (Å²) in [5.74, 6) is 0. The van der Waals surface area contributed by atoms with Gasteiger partial charge in [0, 0.05) is 12.6 Å². The van der Waals surface area contributed by atoms with E-state index >= 15 is 0 Å². The Balaban J connectivity index is 3.04. The van der Waals surface area contributed by atoms with E-state index in [2.05, 4.69) is 4.98 Å². The van der Waals surface area contributed by atoms with Crippen molar-refractivity contribution in [1.29, 1.82) is 0 Å². The maximum absolute atomic E-state index is 12.4. The van der Waals surface area contributed by atoms with Gasteiger partial charge in [0.2, 0.25) is 0 Å². The Kier molecular flexibility index (Phi) is 3.10. The number of hydrogen-bond acceptors (Lipinski definition) is 2. The van der Waals surface area contributed by atoms with Crippen LogP contribution in [0, 0.1) is 0 Å². The van der Waals surface area contributed by atoms with Crippen LogP contribution in [0.5, 0.6) is 0 Å². The van der Waals surface area contributed by atoms with Crippen molar-refractivity contribution in [3.63, 3.8) is 0 Å². The summed E-state index contributed by atoms with van der Waals surface area (Å²) >= 11 is 0. The fourth-order valence-corrected chi connectivity index (χ4v) is 1.14. The first-order chi connectivity index (χ1) is 6.41. The van der Waals surface area contributed by atoms with Crippen LogP contribution in [0.4, 0.5) is 13.2 Å². The van der Waals surface area contributed by atoms with Crippen molar-refractivity contribution in [1.82, 2.24) is 4.98 Å². The highest BCUT2D eigenvalue weighted by atomic mass is 19.4. The summed E-state index contributed by atoms with van der Waals surface area (Å²) in [6.07, 6.45) is -4.04. The highest BCUT2D eigenvalue weighted by Crippen LogP contribution is 2.31. The fourth-order valence-electron chi connectivity index (χ4n) is 1.14. The molecule has 1 aromatic heterocycles. The lowest BCUT2D eigenvalue weighted by atomic mass is 10.1. The minimum Gasteiger partial charge on any atom is -0.393 e. The Morgan fingerprint density at radius 1 is 1.50 bits per heavy atom. The van der Waals surface area contributed by atoms with Gasteiger partial charge in [-0.2, -0.15) is 13.2 Å². The molecule has 2 nitrogen and oxygen atoms in total. The SMILES string of the molecule is CC(O)Cc1ncccc1C(F)(F)F. The van der Waals surface area contributed by atoms with E-state index in [1.54, 1.807) is 0 Å². The van der Waals surface area contributed by atoms with Crippen LogP contribution in [-0.4, -0.2) is 16.2 Å². The minimum absolute atomic E-state index is 0.0876. The zero-order valence-electron chi connectivity index (χ0n) is 7.54. The average molecular weight is 205 g/mol. The van der Waals surface area contributed by atoms with Crippen molar-refractivity contribution in [2.24, 2.45) is 0 Å². The maximum Gasteiger partial charge on any atom is 0.418 e. The van der Waals surface area contributed by atoms with Crippen molar-refractivity contribution in [2.75, 3.05) is 0 Å². The van der Waals surface area contributed by atoms with E-state index < -0.39 is 17.8 Å². The van der Waals surface area contributed by atoms with E-state index in [4.69, 9.17) is 5.11 Å². The zero-order valence-corrected chi connectivity index (χ0v) is 7.54. The van der Waals surface area contributed by atoms with E-state index in [0.29, 0.717) is 0 Å². The number of nitrogens with zero attached hydrogens (tertiary/aromatic N) is 1. The normalized spacial score (nSPS) is 14.1. The second-order valence-corrected chi connectivity index (χ2v) is 3.05. The second-order valence-electron chi connectivity index (χ2n) is 3.05. The molecule has 0 aliphatic rings. The largest absolute Gasteiger partial charge is 0.418 e. The van der Waals surface area contributed by atoms with Gasteiger partial charge < -0.3 is 5.11 Å². The van der Waals surface area contributed by atoms with Crippen LogP contribution in [0.25, 0.3) is 0 Å². The first-order valence-corrected chi connectivity index (χ1v) is 4.10. The number of alkyl halides is 3. The summed E-state index contributed by atoms with van der Waals surface area (Å²) in [6, 6.07) is 2.19. The summed E-state index contributed by atoms with van der Waals surface area (Å²) in [6.45, 7) is 1.43. The fraction of sp³-hybridized carbons (Fsp3) is 0.444. The van der Waals surface area contributed by atoms with Gasteiger partial charge in [-0.05, 0) is 19.1 Å². The molecule has 0 aliphatic carbocycles. The van der Waals surface area contributed by atoms with Crippen molar-refractivity contribution in [2.45, 2.75) is 25.6 Å². The number of hydrogen-bond donors (Lipinski definition) is 1. The van der Waals surface area contributed by atoms with Crippen LogP contribution in [0.3, 0.4) is 0 Å². The van der Waals surface area contributed by atoms with Crippen molar-refractivity contribution < 1.29 is 18.3 Å². The van der Waals surface area contributed by atoms with Gasteiger partial charge in [-0.1, -0.05) is 0 Å². The van der Waals surface area contributed by atoms with Gasteiger partial charge in [0.15, 0.2) is 0 Å². The lowest BCUT2D eigenvalue weighted by Crippen LogP contribution is -2.14. The van der Waals surface area contributed by atoms with Gasteiger partial charge in [0.1, 0.15) is 0 Å². The number of rotatable bonds is 2. The number of aliphatic hydroxyl groups excluding tert-OH is 1. The van der Waals surface area contributed by atoms with Crippen LogP contribution in [-0.2, 0) is 12.6 Å². The lowest BCUT2D eigenvalue weighted by molar-refractivity contribution is -0.138. The van der Waals surface area contributed by atoms with Crippen molar-refractivity contribution in [3.8, 4) is 0 Å². The molecule has 0 fully saturated rings. The molecule has 0 bridgehead atoms. The lowest BCUT2D eigenvalue weighted by Gasteiger charge is -2.12. The van der Waals surface area contributed by atoms with Gasteiger partial charge in [0.25, 0.3) is 0 Å². The molecule has 0 radical (unpaired) electrons. The van der Waals surface area contributed by atoms with E-state index in [1.807, 2.05) is 0 Å². The molecule has 0 saturated heterocycles. The number of aromatic nitrogens is 1. The molecule has 0 saturated carbocycles. The monoisotopic (exact) mass is 205 g/mol. The van der Waals surface area contributed by atoms with Gasteiger partial charge in [0.05, 0.1) is 17.4 Å². The van der Waals surface area contributed by atoms with E-state index in [9.17, 15) is 13.2 Å². The van der Waals surface area contributed by atoms with Gasteiger partial charge in [-0.15, -0.1) is 0 Å². The molecule has 78 valence electrons. The summed E-state index contributed by atoms with van der Waals surface area (Å²) < 4.78 is 37.1. The summed E-state index contributed by atoms with van der Waals surface area (Å²) in [5, 5.41) is 8.99. The zero-order chi connectivity index (χ0) is 10.8. The van der Waals surface area contributed by atoms with Crippen LogP contribution in [0.1, 0.15) is 18.2 Å². The van der Waals surface area contributed by atoms with E-state index in [-0.39, 0.29) is 12.1 Å². The van der Waals surface area contributed by atoms with Gasteiger partial charge >= 0.3 is 6.18 Å². The number of aliphatic hydroxyl groups is 1. The molecule has 1 N–H and O–H groups in total. The van der Waals surface area contributed by atoms with Crippen LogP contribution in [0.2, 0.25) is 0 Å². The Morgan fingerprint density at radius 3 is 2.64 bits per heavy atom. The third-order valence-electron chi connectivity index (χ3n) is 1.68. The molecule has 5 heteroatoms. The van der Waals surface area contributed by atoms with Crippen molar-refractivity contribution >= 4 is 0 Å². The molecule has 1 unspecified atom stereocenters. The standard InChI is InChI=1S/C9H10F3NO/c1-6(14)5-8-7(9(10,11)12)3-2-4-13-8/h2-4,6,14H,5H2,1H3. The van der Waals surface area contributed by atoms with Crippen LogP contribution >= 0.6 is 0 Å². The molecule has 0 aliphatic heterocycles. The predicted octanol–water partition coefficient (Wildman–Crippen LogP) is 2.02. The molecule has 0 spiro atoms. The van der Waals surface area contributed by atoms with Crippen molar-refractivity contribution in [3.05, 3.63) is 29.6 Å². The minimum atomic E-state index is -4.40. The molecular weight excluding hydrogens is 195 g/mol. The predicted molar refractivity (Wildman–Crippen MR) is 44.6 cm³/mol. The molecule has 1 aromatic rings. The quantitative estimate of drug-likeness (QED) is 0.801. The molecule has 0 amide bonds.